The average molecular weight is 426 g/mol. The van der Waals surface area contributed by atoms with Gasteiger partial charge in [-0.05, 0) is 57.5 Å². The Hall–Kier alpha value is -2.93. The lowest BCUT2D eigenvalue weighted by atomic mass is 10.1. The van der Waals surface area contributed by atoms with E-state index < -0.39 is 11.7 Å². The molecule has 7 heteroatoms. The van der Waals surface area contributed by atoms with Gasteiger partial charge in [0.2, 0.25) is 0 Å². The molecular formula is C23H27N3O3S. The second-order valence-corrected chi connectivity index (χ2v) is 9.23. The Balaban J connectivity index is 1.62. The molecule has 1 N–H and O–H groups in total. The third-order valence-corrected chi connectivity index (χ3v) is 5.81. The minimum absolute atomic E-state index is 0.0755. The molecule has 3 rings (SSSR count). The van der Waals surface area contributed by atoms with Crippen LogP contribution in [0.15, 0.2) is 48.5 Å². The van der Waals surface area contributed by atoms with Gasteiger partial charge in [0.05, 0.1) is 16.3 Å². The molecule has 0 fully saturated rings. The van der Waals surface area contributed by atoms with E-state index in [9.17, 15) is 9.59 Å². The van der Waals surface area contributed by atoms with Gasteiger partial charge >= 0.3 is 6.09 Å². The van der Waals surface area contributed by atoms with E-state index in [0.29, 0.717) is 12.1 Å². The van der Waals surface area contributed by atoms with Crippen molar-refractivity contribution < 1.29 is 14.3 Å². The molecule has 0 aliphatic heterocycles. The first-order valence-corrected chi connectivity index (χ1v) is 10.6. The monoisotopic (exact) mass is 425 g/mol. The van der Waals surface area contributed by atoms with Crippen LogP contribution in [0, 0.1) is 0 Å². The van der Waals surface area contributed by atoms with Crippen molar-refractivity contribution in [3.05, 3.63) is 64.7 Å². The highest BCUT2D eigenvalue weighted by Gasteiger charge is 2.22. The lowest BCUT2D eigenvalue weighted by Crippen LogP contribution is -2.32. The molecule has 1 atom stereocenters. The summed E-state index contributed by atoms with van der Waals surface area (Å²) in [5.41, 5.74) is 1.89. The summed E-state index contributed by atoms with van der Waals surface area (Å²) in [6, 6.07) is 15.0. The molecule has 3 aromatic rings. The average Bonchev–Trinajstić information content (AvgIpc) is 3.14. The van der Waals surface area contributed by atoms with Crippen molar-refractivity contribution in [3.63, 3.8) is 0 Å². The molecule has 0 spiro atoms. The van der Waals surface area contributed by atoms with E-state index >= 15 is 0 Å². The molecule has 2 amide bonds. The van der Waals surface area contributed by atoms with Gasteiger partial charge < -0.3 is 15.0 Å². The van der Waals surface area contributed by atoms with Gasteiger partial charge in [-0.1, -0.05) is 24.3 Å². The van der Waals surface area contributed by atoms with E-state index in [-0.39, 0.29) is 11.9 Å². The van der Waals surface area contributed by atoms with Gasteiger partial charge in [-0.15, -0.1) is 11.3 Å². The number of carbonyl (C=O) groups is 2. The molecule has 0 unspecified atom stereocenters. The van der Waals surface area contributed by atoms with E-state index in [2.05, 4.69) is 10.3 Å². The number of hydrogen-bond acceptors (Lipinski definition) is 5. The fourth-order valence-corrected chi connectivity index (χ4v) is 3.93. The van der Waals surface area contributed by atoms with Gasteiger partial charge in [-0.25, -0.2) is 9.78 Å². The number of fused-ring (bicyclic) bond motifs is 1. The second kappa shape index (κ2) is 8.83. The number of para-hydroxylation sites is 1. The Kier molecular flexibility index (Phi) is 6.41. The Morgan fingerprint density at radius 3 is 2.43 bits per heavy atom. The predicted molar refractivity (Wildman–Crippen MR) is 120 cm³/mol. The van der Waals surface area contributed by atoms with E-state index in [1.165, 1.54) is 0 Å². The topological polar surface area (TPSA) is 71.5 Å². The minimum Gasteiger partial charge on any atom is -0.444 e. The Morgan fingerprint density at radius 1 is 1.13 bits per heavy atom. The van der Waals surface area contributed by atoms with Crippen molar-refractivity contribution in [1.29, 1.82) is 0 Å². The first-order chi connectivity index (χ1) is 14.1. The van der Waals surface area contributed by atoms with Crippen LogP contribution in [0.4, 0.5) is 4.79 Å². The van der Waals surface area contributed by atoms with E-state index in [4.69, 9.17) is 4.74 Å². The summed E-state index contributed by atoms with van der Waals surface area (Å²) < 4.78 is 6.34. The SMILES string of the molecule is C[C@H](c1nc2ccccc2s1)N(C)C(=O)c1ccc(CNC(=O)OC(C)(C)C)cc1. The molecule has 0 aliphatic rings. The van der Waals surface area contributed by atoms with Crippen LogP contribution >= 0.6 is 11.3 Å². The number of nitrogens with zero attached hydrogens (tertiary/aromatic N) is 2. The number of nitrogens with one attached hydrogen (secondary N) is 1. The highest BCUT2D eigenvalue weighted by atomic mass is 32.1. The number of hydrogen-bond donors (Lipinski definition) is 1. The van der Waals surface area contributed by atoms with Crippen molar-refractivity contribution >= 4 is 33.6 Å². The zero-order valence-corrected chi connectivity index (χ0v) is 18.7. The first kappa shape index (κ1) is 21.8. The number of thiazole rings is 1. The van der Waals surface area contributed by atoms with Gasteiger partial charge in [0.1, 0.15) is 10.6 Å². The molecule has 0 saturated carbocycles. The zero-order valence-electron chi connectivity index (χ0n) is 17.9. The van der Waals surface area contributed by atoms with Gasteiger partial charge in [-0.2, -0.15) is 0 Å². The van der Waals surface area contributed by atoms with E-state index in [0.717, 1.165) is 20.8 Å². The largest absolute Gasteiger partial charge is 0.444 e. The summed E-state index contributed by atoms with van der Waals surface area (Å²) in [7, 11) is 1.79. The number of ether oxygens (including phenoxy) is 1. The van der Waals surface area contributed by atoms with E-state index in [1.54, 1.807) is 35.4 Å². The number of amides is 2. The van der Waals surface area contributed by atoms with Crippen molar-refractivity contribution in [3.8, 4) is 0 Å². The summed E-state index contributed by atoms with van der Waals surface area (Å²) in [5, 5.41) is 3.62. The van der Waals surface area contributed by atoms with Crippen LogP contribution in [-0.2, 0) is 11.3 Å². The summed E-state index contributed by atoms with van der Waals surface area (Å²) in [6.45, 7) is 7.77. The van der Waals surface area contributed by atoms with Crippen LogP contribution in [0.25, 0.3) is 10.2 Å². The quantitative estimate of drug-likeness (QED) is 0.613. The molecule has 1 heterocycles. The first-order valence-electron chi connectivity index (χ1n) is 9.82. The van der Waals surface area contributed by atoms with Gasteiger partial charge in [0.25, 0.3) is 5.91 Å². The molecule has 30 heavy (non-hydrogen) atoms. The van der Waals surface area contributed by atoms with E-state index in [1.807, 2.05) is 64.1 Å². The lowest BCUT2D eigenvalue weighted by molar-refractivity contribution is 0.0523. The van der Waals surface area contributed by atoms with Crippen LogP contribution in [0.5, 0.6) is 0 Å². The molecule has 0 saturated heterocycles. The third kappa shape index (κ3) is 5.36. The third-order valence-electron chi connectivity index (χ3n) is 4.61. The van der Waals surface area contributed by atoms with Crippen molar-refractivity contribution in [2.75, 3.05) is 7.05 Å². The van der Waals surface area contributed by atoms with Crippen LogP contribution < -0.4 is 5.32 Å². The van der Waals surface area contributed by atoms with Crippen molar-refractivity contribution in [2.45, 2.75) is 45.9 Å². The molecule has 0 bridgehead atoms. The smallest absolute Gasteiger partial charge is 0.407 e. The maximum absolute atomic E-state index is 12.9. The highest BCUT2D eigenvalue weighted by Crippen LogP contribution is 2.29. The molecule has 1 aromatic heterocycles. The molecule has 0 radical (unpaired) electrons. The number of aromatic nitrogens is 1. The molecule has 0 aliphatic carbocycles. The standard InChI is InChI=1S/C23H27N3O3S/c1-15(20-25-18-8-6-7-9-19(18)30-20)26(5)21(27)17-12-10-16(11-13-17)14-24-22(28)29-23(2,3)4/h6-13,15H,14H2,1-5H3,(H,24,28)/t15-/m1/s1. The predicted octanol–water partition coefficient (Wildman–Crippen LogP) is 5.15. The Morgan fingerprint density at radius 2 is 1.80 bits per heavy atom. The number of benzene rings is 2. The number of alkyl carbamates (subject to hydrolysis) is 1. The summed E-state index contributed by atoms with van der Waals surface area (Å²) in [4.78, 5) is 31.1. The maximum atomic E-state index is 12.9. The summed E-state index contributed by atoms with van der Waals surface area (Å²) >= 11 is 1.60. The van der Waals surface area contributed by atoms with Gasteiger partial charge in [0.15, 0.2) is 0 Å². The van der Waals surface area contributed by atoms with Gasteiger partial charge in [0, 0.05) is 19.2 Å². The van der Waals surface area contributed by atoms with Crippen molar-refractivity contribution in [1.82, 2.24) is 15.2 Å². The normalized spacial score (nSPS) is 12.4. The molecule has 6 nitrogen and oxygen atoms in total. The fraction of sp³-hybridized carbons (Fsp3) is 0.348. The fourth-order valence-electron chi connectivity index (χ4n) is 2.87. The maximum Gasteiger partial charge on any atom is 0.407 e. The highest BCUT2D eigenvalue weighted by molar-refractivity contribution is 7.18. The molecule has 158 valence electrons. The Bertz CT molecular complexity index is 1000. The second-order valence-electron chi connectivity index (χ2n) is 8.16. The molecular weight excluding hydrogens is 398 g/mol. The number of carbonyl (C=O) groups excluding carboxylic acids is 2. The lowest BCUT2D eigenvalue weighted by Gasteiger charge is -2.23. The summed E-state index contributed by atoms with van der Waals surface area (Å²) in [5.74, 6) is -0.0755. The van der Waals surface area contributed by atoms with Crippen LogP contribution in [-0.4, -0.2) is 34.5 Å². The zero-order chi connectivity index (χ0) is 21.9. The summed E-state index contributed by atoms with van der Waals surface area (Å²) in [6.07, 6.45) is -0.466. The van der Waals surface area contributed by atoms with Crippen LogP contribution in [0.1, 0.15) is 54.7 Å². The minimum atomic E-state index is -0.537. The van der Waals surface area contributed by atoms with Crippen LogP contribution in [0.3, 0.4) is 0 Å². The molecule has 2 aromatic carbocycles. The van der Waals surface area contributed by atoms with Gasteiger partial charge in [-0.3, -0.25) is 4.79 Å². The van der Waals surface area contributed by atoms with Crippen molar-refractivity contribution in [2.24, 2.45) is 0 Å². The number of rotatable bonds is 5. The van der Waals surface area contributed by atoms with Crippen LogP contribution in [0.2, 0.25) is 0 Å². The Labute approximate surface area is 180 Å².